The standard InChI is InChI=1S/C24H28FN3O3/c1-3-26-10-12-27(13-11-26)23(18-6-8-19(25)9-7-18)22-21(29)15-17(2)28(24(22)30)16-20-5-4-14-31-20/h4-9,14-15,23,29H,3,10-13,16H2,1-2H3. The van der Waals surface area contributed by atoms with Gasteiger partial charge >= 0.3 is 0 Å². The van der Waals surface area contributed by atoms with Crippen molar-refractivity contribution < 1.29 is 13.9 Å². The number of likely N-dealkylation sites (N-methyl/N-ethyl adjacent to an activating group) is 1. The van der Waals surface area contributed by atoms with Gasteiger partial charge in [-0.3, -0.25) is 9.69 Å². The van der Waals surface area contributed by atoms with E-state index < -0.39 is 6.04 Å². The molecule has 1 atom stereocenters. The Bertz CT molecular complexity index is 1070. The van der Waals surface area contributed by atoms with Crippen molar-refractivity contribution in [1.29, 1.82) is 0 Å². The van der Waals surface area contributed by atoms with Crippen LogP contribution < -0.4 is 5.56 Å². The van der Waals surface area contributed by atoms with Crippen LogP contribution in [-0.4, -0.2) is 52.2 Å². The normalized spacial score (nSPS) is 16.5. The molecular weight excluding hydrogens is 397 g/mol. The van der Waals surface area contributed by atoms with Gasteiger partial charge in [-0.25, -0.2) is 4.39 Å². The summed E-state index contributed by atoms with van der Waals surface area (Å²) in [6.45, 7) is 8.43. The smallest absolute Gasteiger partial charge is 0.260 e. The van der Waals surface area contributed by atoms with Gasteiger partial charge in [0.25, 0.3) is 5.56 Å². The largest absolute Gasteiger partial charge is 0.507 e. The van der Waals surface area contributed by atoms with E-state index in [0.29, 0.717) is 17.0 Å². The summed E-state index contributed by atoms with van der Waals surface area (Å²) >= 11 is 0. The van der Waals surface area contributed by atoms with E-state index in [-0.39, 0.29) is 23.7 Å². The van der Waals surface area contributed by atoms with Gasteiger partial charge in [-0.15, -0.1) is 0 Å². The van der Waals surface area contributed by atoms with Crippen LogP contribution in [0.2, 0.25) is 0 Å². The lowest BCUT2D eigenvalue weighted by molar-refractivity contribution is 0.111. The Kier molecular flexibility index (Phi) is 6.25. The Morgan fingerprint density at radius 2 is 1.84 bits per heavy atom. The quantitative estimate of drug-likeness (QED) is 0.656. The van der Waals surface area contributed by atoms with Gasteiger partial charge in [-0.2, -0.15) is 0 Å². The highest BCUT2D eigenvalue weighted by molar-refractivity contribution is 5.41. The van der Waals surface area contributed by atoms with Crippen LogP contribution in [0.15, 0.2) is 57.9 Å². The SMILES string of the molecule is CCN1CCN(C(c2ccc(F)cc2)c2c(O)cc(C)n(Cc3ccco3)c2=O)CC1. The number of rotatable bonds is 6. The summed E-state index contributed by atoms with van der Waals surface area (Å²) in [5.74, 6) is 0.295. The van der Waals surface area contributed by atoms with E-state index in [2.05, 4.69) is 16.7 Å². The predicted molar refractivity (Wildman–Crippen MR) is 117 cm³/mol. The van der Waals surface area contributed by atoms with E-state index in [1.54, 1.807) is 42.0 Å². The van der Waals surface area contributed by atoms with Crippen molar-refractivity contribution in [2.24, 2.45) is 0 Å². The molecule has 1 saturated heterocycles. The summed E-state index contributed by atoms with van der Waals surface area (Å²) in [7, 11) is 0. The topological polar surface area (TPSA) is 61.9 Å². The molecule has 0 aliphatic carbocycles. The first-order chi connectivity index (χ1) is 15.0. The van der Waals surface area contributed by atoms with E-state index in [9.17, 15) is 14.3 Å². The van der Waals surface area contributed by atoms with E-state index in [0.717, 1.165) is 38.3 Å². The fourth-order valence-corrected chi connectivity index (χ4v) is 4.32. The summed E-state index contributed by atoms with van der Waals surface area (Å²) in [5.41, 5.74) is 1.48. The van der Waals surface area contributed by atoms with Crippen molar-refractivity contribution in [3.63, 3.8) is 0 Å². The van der Waals surface area contributed by atoms with Crippen LogP contribution in [-0.2, 0) is 6.54 Å². The first-order valence-electron chi connectivity index (χ1n) is 10.7. The van der Waals surface area contributed by atoms with Crippen molar-refractivity contribution in [2.45, 2.75) is 26.4 Å². The van der Waals surface area contributed by atoms with Crippen LogP contribution in [0.4, 0.5) is 4.39 Å². The van der Waals surface area contributed by atoms with Gasteiger partial charge in [0.15, 0.2) is 0 Å². The average Bonchev–Trinajstić information content (AvgIpc) is 3.28. The minimum atomic E-state index is -0.462. The predicted octanol–water partition coefficient (Wildman–Crippen LogP) is 3.37. The molecule has 4 rings (SSSR count). The maximum atomic E-state index is 13.6. The third-order valence-electron chi connectivity index (χ3n) is 6.10. The number of aryl methyl sites for hydroxylation is 1. The van der Waals surface area contributed by atoms with Gasteiger partial charge in [0.1, 0.15) is 17.3 Å². The van der Waals surface area contributed by atoms with Crippen molar-refractivity contribution in [3.8, 4) is 5.75 Å². The molecule has 1 unspecified atom stereocenters. The Morgan fingerprint density at radius 1 is 1.13 bits per heavy atom. The fraction of sp³-hybridized carbons (Fsp3) is 0.375. The van der Waals surface area contributed by atoms with Crippen LogP contribution in [0, 0.1) is 12.7 Å². The van der Waals surface area contributed by atoms with Crippen molar-refractivity contribution in [3.05, 3.63) is 87.5 Å². The van der Waals surface area contributed by atoms with E-state index >= 15 is 0 Å². The number of aromatic nitrogens is 1. The summed E-state index contributed by atoms with van der Waals surface area (Å²) < 4.78 is 20.7. The molecule has 0 bridgehead atoms. The Morgan fingerprint density at radius 3 is 2.45 bits per heavy atom. The summed E-state index contributed by atoms with van der Waals surface area (Å²) in [4.78, 5) is 18.2. The number of nitrogens with zero attached hydrogens (tertiary/aromatic N) is 3. The van der Waals surface area contributed by atoms with Crippen LogP contribution in [0.5, 0.6) is 5.75 Å². The van der Waals surface area contributed by atoms with Crippen LogP contribution in [0.1, 0.15) is 35.5 Å². The molecule has 6 nitrogen and oxygen atoms in total. The maximum absolute atomic E-state index is 13.6. The molecule has 1 fully saturated rings. The molecular formula is C24H28FN3O3. The average molecular weight is 426 g/mol. The third-order valence-corrected chi connectivity index (χ3v) is 6.10. The molecule has 164 valence electrons. The first kappa shape index (κ1) is 21.3. The summed E-state index contributed by atoms with van der Waals surface area (Å²) in [6.07, 6.45) is 1.57. The van der Waals surface area contributed by atoms with Gasteiger partial charge < -0.3 is 19.0 Å². The number of hydrogen-bond donors (Lipinski definition) is 1. The number of pyridine rings is 1. The highest BCUT2D eigenvalue weighted by Gasteiger charge is 2.31. The van der Waals surface area contributed by atoms with Gasteiger partial charge in [0, 0.05) is 31.9 Å². The highest BCUT2D eigenvalue weighted by atomic mass is 19.1. The van der Waals surface area contributed by atoms with Gasteiger partial charge in [0.2, 0.25) is 0 Å². The molecule has 0 saturated carbocycles. The maximum Gasteiger partial charge on any atom is 0.260 e. The molecule has 1 aliphatic rings. The van der Waals surface area contributed by atoms with E-state index in [1.165, 1.54) is 12.1 Å². The molecule has 0 radical (unpaired) electrons. The molecule has 1 N–H and O–H groups in total. The molecule has 3 aromatic rings. The van der Waals surface area contributed by atoms with E-state index in [4.69, 9.17) is 4.42 Å². The zero-order valence-electron chi connectivity index (χ0n) is 17.9. The minimum absolute atomic E-state index is 0.0366. The number of benzene rings is 1. The molecule has 0 spiro atoms. The first-order valence-corrected chi connectivity index (χ1v) is 10.7. The van der Waals surface area contributed by atoms with Crippen LogP contribution in [0.3, 0.4) is 0 Å². The van der Waals surface area contributed by atoms with Gasteiger partial charge in [-0.05, 0) is 49.4 Å². The second kappa shape index (κ2) is 9.08. The molecule has 0 amide bonds. The Labute approximate surface area is 181 Å². The van der Waals surface area contributed by atoms with Gasteiger partial charge in [-0.1, -0.05) is 19.1 Å². The van der Waals surface area contributed by atoms with Crippen molar-refractivity contribution in [2.75, 3.05) is 32.7 Å². The Hall–Kier alpha value is -2.90. The lowest BCUT2D eigenvalue weighted by atomic mass is 9.96. The number of aromatic hydroxyl groups is 1. The van der Waals surface area contributed by atoms with Crippen molar-refractivity contribution >= 4 is 0 Å². The second-order valence-corrected chi connectivity index (χ2v) is 7.98. The minimum Gasteiger partial charge on any atom is -0.507 e. The molecule has 2 aromatic heterocycles. The van der Waals surface area contributed by atoms with Crippen LogP contribution in [0.25, 0.3) is 0 Å². The number of piperazine rings is 1. The summed E-state index contributed by atoms with van der Waals surface area (Å²) in [5, 5.41) is 10.9. The number of halogens is 1. The molecule has 3 heterocycles. The number of hydrogen-bond acceptors (Lipinski definition) is 5. The monoisotopic (exact) mass is 425 g/mol. The molecule has 7 heteroatoms. The van der Waals surface area contributed by atoms with E-state index in [1.807, 2.05) is 6.07 Å². The number of furan rings is 1. The third kappa shape index (κ3) is 4.43. The molecule has 1 aromatic carbocycles. The fourth-order valence-electron chi connectivity index (χ4n) is 4.32. The lowest BCUT2D eigenvalue weighted by Crippen LogP contribution is -2.48. The van der Waals surface area contributed by atoms with Gasteiger partial charge in [0.05, 0.1) is 24.4 Å². The van der Waals surface area contributed by atoms with Crippen molar-refractivity contribution in [1.82, 2.24) is 14.4 Å². The second-order valence-electron chi connectivity index (χ2n) is 7.98. The Balaban J connectivity index is 1.80. The zero-order valence-corrected chi connectivity index (χ0v) is 17.9. The molecule has 31 heavy (non-hydrogen) atoms. The lowest BCUT2D eigenvalue weighted by Gasteiger charge is -2.39. The van der Waals surface area contributed by atoms with Crippen LogP contribution >= 0.6 is 0 Å². The zero-order chi connectivity index (χ0) is 22.0. The summed E-state index contributed by atoms with van der Waals surface area (Å²) in [6, 6.07) is 11.0. The highest BCUT2D eigenvalue weighted by Crippen LogP contribution is 2.33. The molecule has 1 aliphatic heterocycles.